The number of aryl methyl sites for hydroxylation is 1. The third kappa shape index (κ3) is 2.23. The monoisotopic (exact) mass is 300 g/mol. The molecule has 0 bridgehead atoms. The number of hydrogen-bond acceptors (Lipinski definition) is 6. The molecule has 108 valence electrons. The Morgan fingerprint density at radius 3 is 2.62 bits per heavy atom. The Hall–Kier alpha value is -2.15. The lowest BCUT2D eigenvalue weighted by atomic mass is 10.3. The zero-order valence-electron chi connectivity index (χ0n) is 11.8. The molecule has 0 amide bonds. The smallest absolute Gasteiger partial charge is 0.205 e. The Bertz CT molecular complexity index is 723. The molecule has 21 heavy (non-hydrogen) atoms. The van der Waals surface area contributed by atoms with E-state index in [9.17, 15) is 0 Å². The van der Waals surface area contributed by atoms with Crippen LogP contribution >= 0.6 is 11.3 Å². The van der Waals surface area contributed by atoms with Gasteiger partial charge in [0.05, 0.1) is 10.9 Å². The third-order valence-electron chi connectivity index (χ3n) is 3.81. The summed E-state index contributed by atoms with van der Waals surface area (Å²) in [6, 6.07) is 2.03. The number of anilines is 2. The first-order chi connectivity index (χ1) is 10.3. The number of rotatable bonds is 2. The van der Waals surface area contributed by atoms with E-state index in [1.807, 2.05) is 37.9 Å². The molecule has 3 aromatic rings. The number of aromatic nitrogens is 4. The van der Waals surface area contributed by atoms with E-state index in [1.165, 1.54) is 4.70 Å². The van der Waals surface area contributed by atoms with Crippen molar-refractivity contribution in [2.24, 2.45) is 7.05 Å². The average molecular weight is 300 g/mol. The van der Waals surface area contributed by atoms with Gasteiger partial charge in [-0.3, -0.25) is 4.98 Å². The van der Waals surface area contributed by atoms with Crippen LogP contribution in [0.5, 0.6) is 0 Å². The number of fused-ring (bicyclic) bond motifs is 1. The standard InChI is InChI=1S/C14H16N6S/c1-18-5-4-16-13(18)19-6-8-20(9-7-19)14-17-11-10-15-3-2-12(11)21-14/h2-5,10H,6-9H2,1H3. The molecule has 0 atom stereocenters. The van der Waals surface area contributed by atoms with Gasteiger partial charge in [-0.15, -0.1) is 0 Å². The van der Waals surface area contributed by atoms with Gasteiger partial charge in [0.2, 0.25) is 5.95 Å². The molecular formula is C14H16N6S. The highest BCUT2D eigenvalue weighted by Gasteiger charge is 2.21. The summed E-state index contributed by atoms with van der Waals surface area (Å²) in [5.74, 6) is 1.04. The lowest BCUT2D eigenvalue weighted by molar-refractivity contribution is 0.629. The summed E-state index contributed by atoms with van der Waals surface area (Å²) in [5, 5.41) is 1.09. The maximum absolute atomic E-state index is 4.68. The van der Waals surface area contributed by atoms with E-state index in [2.05, 4.69) is 29.3 Å². The Morgan fingerprint density at radius 1 is 1.10 bits per heavy atom. The molecule has 0 unspecified atom stereocenters. The van der Waals surface area contributed by atoms with Gasteiger partial charge in [0.25, 0.3) is 0 Å². The van der Waals surface area contributed by atoms with Crippen molar-refractivity contribution in [1.82, 2.24) is 19.5 Å². The molecule has 0 radical (unpaired) electrons. The quantitative estimate of drug-likeness (QED) is 0.722. The lowest BCUT2D eigenvalue weighted by Gasteiger charge is -2.35. The van der Waals surface area contributed by atoms with Crippen molar-refractivity contribution < 1.29 is 0 Å². The second-order valence-corrected chi connectivity index (χ2v) is 6.16. The molecular weight excluding hydrogens is 284 g/mol. The van der Waals surface area contributed by atoms with Crippen LogP contribution in [0, 0.1) is 0 Å². The molecule has 0 spiro atoms. The second kappa shape index (κ2) is 5.00. The lowest BCUT2D eigenvalue weighted by Crippen LogP contribution is -2.47. The minimum atomic E-state index is 0.971. The van der Waals surface area contributed by atoms with Crippen LogP contribution in [0.25, 0.3) is 10.2 Å². The molecule has 4 heterocycles. The summed E-state index contributed by atoms with van der Waals surface area (Å²) in [6.45, 7) is 3.89. The van der Waals surface area contributed by atoms with Gasteiger partial charge in [0.1, 0.15) is 5.52 Å². The van der Waals surface area contributed by atoms with Crippen molar-refractivity contribution in [2.45, 2.75) is 0 Å². The van der Waals surface area contributed by atoms with E-state index >= 15 is 0 Å². The molecule has 0 saturated carbocycles. The second-order valence-electron chi connectivity index (χ2n) is 5.15. The summed E-state index contributed by atoms with van der Waals surface area (Å²) in [4.78, 5) is 17.9. The van der Waals surface area contributed by atoms with E-state index in [1.54, 1.807) is 11.3 Å². The van der Waals surface area contributed by atoms with Crippen LogP contribution in [-0.4, -0.2) is 45.7 Å². The minimum absolute atomic E-state index is 0.971. The molecule has 1 aliphatic rings. The van der Waals surface area contributed by atoms with Crippen molar-refractivity contribution in [3.8, 4) is 0 Å². The van der Waals surface area contributed by atoms with E-state index in [0.717, 1.165) is 42.8 Å². The van der Waals surface area contributed by atoms with Crippen molar-refractivity contribution in [3.63, 3.8) is 0 Å². The van der Waals surface area contributed by atoms with Gasteiger partial charge in [0.15, 0.2) is 5.13 Å². The third-order valence-corrected chi connectivity index (χ3v) is 4.90. The fourth-order valence-electron chi connectivity index (χ4n) is 2.66. The highest BCUT2D eigenvalue weighted by Crippen LogP contribution is 2.29. The maximum atomic E-state index is 4.68. The van der Waals surface area contributed by atoms with Crippen molar-refractivity contribution in [1.29, 1.82) is 0 Å². The van der Waals surface area contributed by atoms with Crippen molar-refractivity contribution in [3.05, 3.63) is 30.9 Å². The van der Waals surface area contributed by atoms with Crippen LogP contribution in [0.3, 0.4) is 0 Å². The molecule has 1 saturated heterocycles. The van der Waals surface area contributed by atoms with Crippen LogP contribution in [0.15, 0.2) is 30.9 Å². The zero-order chi connectivity index (χ0) is 14.2. The van der Waals surface area contributed by atoms with E-state index in [-0.39, 0.29) is 0 Å². The van der Waals surface area contributed by atoms with Crippen LogP contribution in [-0.2, 0) is 7.05 Å². The predicted molar refractivity (Wildman–Crippen MR) is 85.0 cm³/mol. The summed E-state index contributed by atoms with van der Waals surface area (Å²) in [5.41, 5.74) is 0.990. The number of nitrogens with zero attached hydrogens (tertiary/aromatic N) is 6. The van der Waals surface area contributed by atoms with Crippen LogP contribution in [0.2, 0.25) is 0 Å². The van der Waals surface area contributed by atoms with Gasteiger partial charge in [-0.25, -0.2) is 9.97 Å². The van der Waals surface area contributed by atoms with Crippen molar-refractivity contribution >= 4 is 32.6 Å². The molecule has 3 aromatic heterocycles. The number of hydrogen-bond donors (Lipinski definition) is 0. The van der Waals surface area contributed by atoms with E-state index < -0.39 is 0 Å². The number of imidazole rings is 1. The first-order valence-electron chi connectivity index (χ1n) is 6.99. The Balaban J connectivity index is 1.51. The molecule has 1 fully saturated rings. The SMILES string of the molecule is Cn1ccnc1N1CCN(c2nc3cnccc3s2)CC1. The van der Waals surface area contributed by atoms with Crippen LogP contribution in [0.4, 0.5) is 11.1 Å². The zero-order valence-corrected chi connectivity index (χ0v) is 12.6. The normalized spacial score (nSPS) is 15.9. The average Bonchev–Trinajstić information content (AvgIpc) is 3.13. The van der Waals surface area contributed by atoms with Gasteiger partial charge >= 0.3 is 0 Å². The van der Waals surface area contributed by atoms with Crippen molar-refractivity contribution in [2.75, 3.05) is 36.0 Å². The molecule has 0 aromatic carbocycles. The molecule has 1 aliphatic heterocycles. The number of pyridine rings is 1. The van der Waals surface area contributed by atoms with Gasteiger partial charge in [-0.2, -0.15) is 0 Å². The highest BCUT2D eigenvalue weighted by atomic mass is 32.1. The highest BCUT2D eigenvalue weighted by molar-refractivity contribution is 7.22. The Morgan fingerprint density at radius 2 is 1.90 bits per heavy atom. The Kier molecular flexibility index (Phi) is 2.99. The summed E-state index contributed by atoms with van der Waals surface area (Å²) in [7, 11) is 2.04. The van der Waals surface area contributed by atoms with Crippen LogP contribution < -0.4 is 9.80 Å². The Labute approximate surface area is 126 Å². The van der Waals surface area contributed by atoms with Gasteiger partial charge in [-0.1, -0.05) is 11.3 Å². The molecule has 0 N–H and O–H groups in total. The first kappa shape index (κ1) is 12.6. The van der Waals surface area contributed by atoms with Crippen LogP contribution in [0.1, 0.15) is 0 Å². The predicted octanol–water partition coefficient (Wildman–Crippen LogP) is 1.75. The fourth-order valence-corrected chi connectivity index (χ4v) is 3.65. The van der Waals surface area contributed by atoms with Gasteiger partial charge in [-0.05, 0) is 6.07 Å². The summed E-state index contributed by atoms with van der Waals surface area (Å²) >= 11 is 1.74. The van der Waals surface area contributed by atoms with E-state index in [0.29, 0.717) is 0 Å². The maximum Gasteiger partial charge on any atom is 0.205 e. The molecule has 4 rings (SSSR count). The van der Waals surface area contributed by atoms with Gasteiger partial charge < -0.3 is 14.4 Å². The summed E-state index contributed by atoms with van der Waals surface area (Å²) in [6.07, 6.45) is 7.49. The number of thiazole rings is 1. The minimum Gasteiger partial charge on any atom is -0.345 e. The molecule has 7 heteroatoms. The number of piperazine rings is 1. The summed E-state index contributed by atoms with van der Waals surface area (Å²) < 4.78 is 3.27. The molecule has 0 aliphatic carbocycles. The van der Waals surface area contributed by atoms with Gasteiger partial charge in [0, 0.05) is 51.8 Å². The van der Waals surface area contributed by atoms with E-state index in [4.69, 9.17) is 0 Å². The fraction of sp³-hybridized carbons (Fsp3) is 0.357. The largest absolute Gasteiger partial charge is 0.345 e. The topological polar surface area (TPSA) is 50.1 Å². The first-order valence-corrected chi connectivity index (χ1v) is 7.81. The molecule has 6 nitrogen and oxygen atoms in total.